The maximum atomic E-state index is 5.96. The summed E-state index contributed by atoms with van der Waals surface area (Å²) in [6, 6.07) is 11.7. The lowest BCUT2D eigenvalue weighted by atomic mass is 10.2. The van der Waals surface area contributed by atoms with Gasteiger partial charge in [-0.05, 0) is 70.5 Å². The van der Waals surface area contributed by atoms with Gasteiger partial charge in [0.2, 0.25) is 0 Å². The minimum absolute atomic E-state index is 0.106. The van der Waals surface area contributed by atoms with Crippen molar-refractivity contribution in [3.8, 4) is 11.5 Å². The summed E-state index contributed by atoms with van der Waals surface area (Å²) in [6.45, 7) is 2.87. The number of benzene rings is 2. The Kier molecular flexibility index (Phi) is 7.67. The number of thiocarbonyl (C=S) groups is 1. The fourth-order valence-corrected chi connectivity index (χ4v) is 2.86. The molecule has 0 unspecified atom stereocenters. The number of hydrogen-bond donors (Lipinski definition) is 2. The van der Waals surface area contributed by atoms with Crippen LogP contribution in [0.4, 0.5) is 0 Å². The second-order valence-electron chi connectivity index (χ2n) is 4.91. The van der Waals surface area contributed by atoms with Crippen molar-refractivity contribution in [1.82, 2.24) is 5.43 Å². The first-order valence-corrected chi connectivity index (χ1v) is 9.41. The molecule has 2 aromatic rings. The van der Waals surface area contributed by atoms with Crippen molar-refractivity contribution in [3.05, 3.63) is 56.5 Å². The van der Waals surface area contributed by atoms with E-state index in [0.29, 0.717) is 24.7 Å². The summed E-state index contributed by atoms with van der Waals surface area (Å²) < 4.78 is 13.5. The van der Waals surface area contributed by atoms with Gasteiger partial charge in [-0.1, -0.05) is 28.1 Å². The van der Waals surface area contributed by atoms with Crippen LogP contribution in [0, 0.1) is 0 Å². The summed E-state index contributed by atoms with van der Waals surface area (Å²) in [5.41, 5.74) is 9.73. The number of nitrogens with zero attached hydrogens (tertiary/aromatic N) is 1. The maximum absolute atomic E-state index is 5.96. The highest BCUT2D eigenvalue weighted by molar-refractivity contribution is 9.10. The lowest BCUT2D eigenvalue weighted by Crippen LogP contribution is -2.23. The lowest BCUT2D eigenvalue weighted by Gasteiger charge is -2.14. The first-order valence-electron chi connectivity index (χ1n) is 7.41. The lowest BCUT2D eigenvalue weighted by molar-refractivity contribution is 0.267. The highest BCUT2D eigenvalue weighted by Crippen LogP contribution is 2.37. The van der Waals surface area contributed by atoms with E-state index in [1.807, 2.05) is 43.3 Å². The summed E-state index contributed by atoms with van der Waals surface area (Å²) in [7, 11) is 0. The van der Waals surface area contributed by atoms with Crippen molar-refractivity contribution in [2.24, 2.45) is 10.8 Å². The second-order valence-corrected chi connectivity index (χ2v) is 7.12. The topological polar surface area (TPSA) is 68.9 Å². The minimum atomic E-state index is 0.106. The molecule has 0 fully saturated rings. The van der Waals surface area contributed by atoms with Crippen molar-refractivity contribution in [2.45, 2.75) is 13.5 Å². The molecule has 0 saturated heterocycles. The van der Waals surface area contributed by atoms with Crippen molar-refractivity contribution in [2.75, 3.05) is 6.61 Å². The molecule has 25 heavy (non-hydrogen) atoms. The largest absolute Gasteiger partial charge is 0.490 e. The molecule has 0 aromatic heterocycles. The van der Waals surface area contributed by atoms with E-state index in [9.17, 15) is 0 Å². The molecule has 0 radical (unpaired) electrons. The van der Waals surface area contributed by atoms with Gasteiger partial charge < -0.3 is 15.2 Å². The molecule has 0 atom stereocenters. The number of ether oxygens (including phenoxy) is 2. The number of halogens is 2. The quantitative estimate of drug-likeness (QED) is 0.345. The predicted molar refractivity (Wildman–Crippen MR) is 111 cm³/mol. The maximum Gasteiger partial charge on any atom is 0.184 e. The Morgan fingerprint density at radius 3 is 2.60 bits per heavy atom. The number of hydrogen-bond acceptors (Lipinski definition) is 4. The van der Waals surface area contributed by atoms with Gasteiger partial charge in [0.15, 0.2) is 16.6 Å². The fourth-order valence-electron chi connectivity index (χ4n) is 1.97. The Hall–Kier alpha value is -1.64. The van der Waals surface area contributed by atoms with E-state index in [4.69, 9.17) is 27.4 Å². The van der Waals surface area contributed by atoms with E-state index >= 15 is 0 Å². The zero-order valence-electron chi connectivity index (χ0n) is 13.5. The van der Waals surface area contributed by atoms with Crippen molar-refractivity contribution < 1.29 is 9.47 Å². The molecule has 0 amide bonds. The molecule has 0 heterocycles. The van der Waals surface area contributed by atoms with E-state index in [1.165, 1.54) is 0 Å². The van der Waals surface area contributed by atoms with Crippen LogP contribution in [-0.2, 0) is 6.61 Å². The van der Waals surface area contributed by atoms with Gasteiger partial charge in [0.25, 0.3) is 0 Å². The smallest absolute Gasteiger partial charge is 0.184 e. The van der Waals surface area contributed by atoms with E-state index in [1.54, 1.807) is 6.21 Å². The van der Waals surface area contributed by atoms with Crippen LogP contribution in [0.25, 0.3) is 0 Å². The molecular weight excluding hydrogens is 470 g/mol. The van der Waals surface area contributed by atoms with Crippen LogP contribution < -0.4 is 20.6 Å². The first-order chi connectivity index (χ1) is 12.0. The standard InChI is InChI=1S/C17H17Br2N3O2S/c1-2-23-15-8-12(9-21-22-17(20)25)7-14(19)16(15)24-10-11-3-5-13(18)6-4-11/h3-9H,2,10H2,1H3,(H3,20,22,25). The van der Waals surface area contributed by atoms with Gasteiger partial charge in [-0.15, -0.1) is 0 Å². The third-order valence-electron chi connectivity index (χ3n) is 3.02. The van der Waals surface area contributed by atoms with Crippen LogP contribution in [0.15, 0.2) is 50.4 Å². The van der Waals surface area contributed by atoms with E-state index in [0.717, 1.165) is 20.1 Å². The minimum Gasteiger partial charge on any atom is -0.490 e. The molecule has 132 valence electrons. The monoisotopic (exact) mass is 485 g/mol. The number of nitrogens with two attached hydrogens (primary N) is 1. The Bertz CT molecular complexity index is 767. The SMILES string of the molecule is CCOc1cc(C=NNC(N)=S)cc(Br)c1OCc1ccc(Br)cc1. The normalized spacial score (nSPS) is 10.7. The summed E-state index contributed by atoms with van der Waals surface area (Å²) in [4.78, 5) is 0. The molecule has 0 saturated carbocycles. The third kappa shape index (κ3) is 6.30. The average Bonchev–Trinajstić information content (AvgIpc) is 2.55. The van der Waals surface area contributed by atoms with Crippen LogP contribution >= 0.6 is 44.1 Å². The molecule has 5 nitrogen and oxygen atoms in total. The van der Waals surface area contributed by atoms with Gasteiger partial charge in [-0.25, -0.2) is 0 Å². The summed E-state index contributed by atoms with van der Waals surface area (Å²) in [5, 5.41) is 4.06. The number of hydrazone groups is 1. The van der Waals surface area contributed by atoms with Crippen molar-refractivity contribution >= 4 is 55.4 Å². The molecule has 2 rings (SSSR count). The van der Waals surface area contributed by atoms with Crippen LogP contribution in [0.1, 0.15) is 18.1 Å². The van der Waals surface area contributed by atoms with Gasteiger partial charge in [-0.2, -0.15) is 5.10 Å². The highest BCUT2D eigenvalue weighted by Gasteiger charge is 2.12. The predicted octanol–water partition coefficient (Wildman–Crippen LogP) is 4.36. The molecular formula is C17H17Br2N3O2S. The zero-order valence-corrected chi connectivity index (χ0v) is 17.4. The zero-order chi connectivity index (χ0) is 18.2. The Balaban J connectivity index is 2.19. The number of rotatable bonds is 7. The van der Waals surface area contributed by atoms with Gasteiger partial charge in [0, 0.05) is 4.47 Å². The highest BCUT2D eigenvalue weighted by atomic mass is 79.9. The average molecular weight is 487 g/mol. The molecule has 0 aliphatic carbocycles. The van der Waals surface area contributed by atoms with Crippen LogP contribution in [0.3, 0.4) is 0 Å². The van der Waals surface area contributed by atoms with Gasteiger partial charge in [0.1, 0.15) is 6.61 Å². The Morgan fingerprint density at radius 1 is 1.24 bits per heavy atom. The molecule has 8 heteroatoms. The van der Waals surface area contributed by atoms with Crippen LogP contribution in [0.2, 0.25) is 0 Å². The molecule has 0 aliphatic heterocycles. The van der Waals surface area contributed by atoms with E-state index in [-0.39, 0.29) is 5.11 Å². The Morgan fingerprint density at radius 2 is 1.96 bits per heavy atom. The van der Waals surface area contributed by atoms with Crippen LogP contribution in [0.5, 0.6) is 11.5 Å². The number of nitrogens with one attached hydrogen (secondary N) is 1. The molecule has 2 aromatic carbocycles. The van der Waals surface area contributed by atoms with E-state index < -0.39 is 0 Å². The van der Waals surface area contributed by atoms with E-state index in [2.05, 4.69) is 42.4 Å². The molecule has 0 aliphatic rings. The van der Waals surface area contributed by atoms with Gasteiger partial charge in [0.05, 0.1) is 17.3 Å². The van der Waals surface area contributed by atoms with Crippen LogP contribution in [-0.4, -0.2) is 17.9 Å². The fraction of sp³-hybridized carbons (Fsp3) is 0.176. The van der Waals surface area contributed by atoms with Crippen molar-refractivity contribution in [1.29, 1.82) is 0 Å². The van der Waals surface area contributed by atoms with Gasteiger partial charge in [-0.3, -0.25) is 5.43 Å². The first kappa shape index (κ1) is 19.7. The summed E-state index contributed by atoms with van der Waals surface area (Å²) in [5.74, 6) is 1.27. The second kappa shape index (κ2) is 9.74. The summed E-state index contributed by atoms with van der Waals surface area (Å²) >= 11 is 11.7. The third-order valence-corrected chi connectivity index (χ3v) is 4.23. The summed E-state index contributed by atoms with van der Waals surface area (Å²) in [6.07, 6.45) is 1.60. The Labute approximate surface area is 168 Å². The van der Waals surface area contributed by atoms with Gasteiger partial charge >= 0.3 is 0 Å². The van der Waals surface area contributed by atoms with Crippen molar-refractivity contribution in [3.63, 3.8) is 0 Å². The molecule has 3 N–H and O–H groups in total. The molecule has 0 spiro atoms. The molecule has 0 bridgehead atoms.